The Labute approximate surface area is 142 Å². The third-order valence-electron chi connectivity index (χ3n) is 4.91. The highest BCUT2D eigenvalue weighted by Gasteiger charge is 2.19. The minimum Gasteiger partial charge on any atom is -0.379 e. The molecule has 4 heteroatoms. The van der Waals surface area contributed by atoms with Crippen LogP contribution in [-0.2, 0) is 24.2 Å². The van der Waals surface area contributed by atoms with E-state index in [0.29, 0.717) is 0 Å². The molecule has 0 spiro atoms. The Balaban J connectivity index is 1.70. The number of rotatable bonds is 3. The summed E-state index contributed by atoms with van der Waals surface area (Å²) in [5.74, 6) is 0. The van der Waals surface area contributed by atoms with Crippen LogP contribution in [0.25, 0.3) is 10.4 Å². The van der Waals surface area contributed by atoms with Gasteiger partial charge in [0.25, 0.3) is 0 Å². The molecule has 23 heavy (non-hydrogen) atoms. The molecule has 122 valence electrons. The van der Waals surface area contributed by atoms with Crippen LogP contribution in [-0.4, -0.2) is 49.7 Å². The molecule has 1 aromatic carbocycles. The molecule has 0 N–H and O–H groups in total. The van der Waals surface area contributed by atoms with E-state index in [1.165, 1.54) is 40.1 Å². The molecule has 0 saturated carbocycles. The molecule has 4 rings (SSSR count). The van der Waals surface area contributed by atoms with E-state index >= 15 is 0 Å². The quantitative estimate of drug-likeness (QED) is 0.860. The summed E-state index contributed by atoms with van der Waals surface area (Å²) >= 11 is 1.85. The van der Waals surface area contributed by atoms with Gasteiger partial charge in [-0.15, -0.1) is 11.3 Å². The molecule has 1 saturated heterocycles. The van der Waals surface area contributed by atoms with Crippen molar-refractivity contribution in [3.63, 3.8) is 0 Å². The summed E-state index contributed by atoms with van der Waals surface area (Å²) in [5.41, 5.74) is 5.97. The lowest BCUT2D eigenvalue weighted by molar-refractivity contribution is 0.0342. The van der Waals surface area contributed by atoms with Gasteiger partial charge in [0.05, 0.1) is 13.2 Å². The molecule has 2 aliphatic rings. The van der Waals surface area contributed by atoms with Crippen LogP contribution in [0.5, 0.6) is 0 Å². The van der Waals surface area contributed by atoms with Crippen molar-refractivity contribution in [3.8, 4) is 10.4 Å². The summed E-state index contributed by atoms with van der Waals surface area (Å²) in [4.78, 5) is 6.34. The monoisotopic (exact) mass is 328 g/mol. The fourth-order valence-electron chi connectivity index (χ4n) is 3.59. The Hall–Kier alpha value is -1.20. The van der Waals surface area contributed by atoms with Crippen LogP contribution >= 0.6 is 11.3 Å². The number of morpholine rings is 1. The Morgan fingerprint density at radius 1 is 1.13 bits per heavy atom. The first kappa shape index (κ1) is 15.3. The molecule has 3 nitrogen and oxygen atoms in total. The molecule has 0 atom stereocenters. The normalized spacial score (nSPS) is 19.7. The van der Waals surface area contributed by atoms with E-state index < -0.39 is 0 Å². The molecular formula is C19H24N2OS. The average Bonchev–Trinajstić information content (AvgIpc) is 3.09. The topological polar surface area (TPSA) is 15.7 Å². The third kappa shape index (κ3) is 3.36. The molecule has 0 amide bonds. The smallest absolute Gasteiger partial charge is 0.0594 e. The molecule has 0 bridgehead atoms. The molecular weight excluding hydrogens is 304 g/mol. The summed E-state index contributed by atoms with van der Waals surface area (Å²) in [6.45, 7) is 7.09. The first-order chi connectivity index (χ1) is 11.3. The lowest BCUT2D eigenvalue weighted by Gasteiger charge is -2.30. The fraction of sp³-hybridized carbons (Fsp3) is 0.474. The fourth-order valence-corrected chi connectivity index (χ4v) is 4.37. The summed E-state index contributed by atoms with van der Waals surface area (Å²) < 4.78 is 5.50. The van der Waals surface area contributed by atoms with Crippen molar-refractivity contribution in [2.75, 3.05) is 39.9 Å². The lowest BCUT2D eigenvalue weighted by Crippen LogP contribution is -2.36. The van der Waals surface area contributed by atoms with Gasteiger partial charge in [0.1, 0.15) is 0 Å². The summed E-state index contributed by atoms with van der Waals surface area (Å²) in [6.07, 6.45) is 1.17. The highest BCUT2D eigenvalue weighted by molar-refractivity contribution is 7.13. The minimum absolute atomic E-state index is 0.863. The zero-order valence-electron chi connectivity index (χ0n) is 13.8. The highest BCUT2D eigenvalue weighted by Crippen LogP contribution is 2.33. The van der Waals surface area contributed by atoms with Gasteiger partial charge < -0.3 is 9.64 Å². The summed E-state index contributed by atoms with van der Waals surface area (Å²) in [7, 11) is 2.22. The second kappa shape index (κ2) is 6.73. The number of ether oxygens (including phenoxy) is 1. The van der Waals surface area contributed by atoms with E-state index in [4.69, 9.17) is 4.74 Å². The maximum atomic E-state index is 5.50. The van der Waals surface area contributed by atoms with Crippen molar-refractivity contribution in [3.05, 3.63) is 46.3 Å². The first-order valence-electron chi connectivity index (χ1n) is 8.47. The maximum Gasteiger partial charge on any atom is 0.0594 e. The van der Waals surface area contributed by atoms with Crippen LogP contribution in [0.3, 0.4) is 0 Å². The zero-order chi connectivity index (χ0) is 15.6. The molecule has 1 aromatic heterocycles. The van der Waals surface area contributed by atoms with Crippen LogP contribution in [0.4, 0.5) is 0 Å². The van der Waals surface area contributed by atoms with Crippen molar-refractivity contribution in [2.45, 2.75) is 19.5 Å². The van der Waals surface area contributed by atoms with Crippen LogP contribution in [0, 0.1) is 0 Å². The minimum atomic E-state index is 0.863. The Morgan fingerprint density at radius 2 is 2.00 bits per heavy atom. The van der Waals surface area contributed by atoms with Crippen LogP contribution in [0.1, 0.15) is 16.7 Å². The second-order valence-electron chi connectivity index (χ2n) is 6.63. The second-order valence-corrected chi connectivity index (χ2v) is 7.58. The number of benzene rings is 1. The van der Waals surface area contributed by atoms with Crippen molar-refractivity contribution in [1.82, 2.24) is 9.80 Å². The van der Waals surface area contributed by atoms with E-state index in [0.717, 1.165) is 39.4 Å². The molecule has 2 aromatic rings. The standard InChI is InChI=1S/C19H24N2OS/c1-20-5-4-15-12-18(19-3-2-10-23-19)17(11-16(15)13-20)14-21-6-8-22-9-7-21/h2-3,10-12H,4-9,13-14H2,1H3. The number of hydrogen-bond acceptors (Lipinski definition) is 4. The van der Waals surface area contributed by atoms with Gasteiger partial charge in [0, 0.05) is 37.6 Å². The predicted octanol–water partition coefficient (Wildman–Crippen LogP) is 3.24. The molecule has 0 aliphatic carbocycles. The molecule has 0 radical (unpaired) electrons. The van der Waals surface area contributed by atoms with E-state index in [1.54, 1.807) is 0 Å². The van der Waals surface area contributed by atoms with E-state index in [-0.39, 0.29) is 0 Å². The summed E-state index contributed by atoms with van der Waals surface area (Å²) in [5, 5.41) is 2.18. The van der Waals surface area contributed by atoms with Crippen molar-refractivity contribution in [1.29, 1.82) is 0 Å². The van der Waals surface area contributed by atoms with Gasteiger partial charge in [-0.25, -0.2) is 0 Å². The number of thiophene rings is 1. The van der Waals surface area contributed by atoms with Gasteiger partial charge in [0.2, 0.25) is 0 Å². The summed E-state index contributed by atoms with van der Waals surface area (Å²) in [6, 6.07) is 9.34. The lowest BCUT2D eigenvalue weighted by atomic mass is 9.92. The largest absolute Gasteiger partial charge is 0.379 e. The van der Waals surface area contributed by atoms with Crippen molar-refractivity contribution >= 4 is 11.3 Å². The van der Waals surface area contributed by atoms with Crippen LogP contribution < -0.4 is 0 Å². The van der Waals surface area contributed by atoms with Gasteiger partial charge in [-0.3, -0.25) is 4.90 Å². The molecule has 0 unspecified atom stereocenters. The molecule has 1 fully saturated rings. The number of likely N-dealkylation sites (N-methyl/N-ethyl adjacent to an activating group) is 1. The van der Waals surface area contributed by atoms with E-state index in [2.05, 4.69) is 46.5 Å². The van der Waals surface area contributed by atoms with Crippen molar-refractivity contribution < 1.29 is 4.74 Å². The SMILES string of the molecule is CN1CCc2cc(-c3cccs3)c(CN3CCOCC3)cc2C1. The first-order valence-corrected chi connectivity index (χ1v) is 9.35. The predicted molar refractivity (Wildman–Crippen MR) is 95.9 cm³/mol. The Kier molecular flexibility index (Phi) is 4.49. The number of hydrogen-bond donors (Lipinski definition) is 0. The maximum absolute atomic E-state index is 5.50. The average molecular weight is 328 g/mol. The van der Waals surface area contributed by atoms with Crippen molar-refractivity contribution in [2.24, 2.45) is 0 Å². The van der Waals surface area contributed by atoms with Gasteiger partial charge in [-0.05, 0) is 53.2 Å². The van der Waals surface area contributed by atoms with Crippen LogP contribution in [0.15, 0.2) is 29.6 Å². The number of nitrogens with zero attached hydrogens (tertiary/aromatic N) is 2. The molecule has 2 aliphatic heterocycles. The van der Waals surface area contributed by atoms with Gasteiger partial charge >= 0.3 is 0 Å². The zero-order valence-corrected chi connectivity index (χ0v) is 14.6. The van der Waals surface area contributed by atoms with Gasteiger partial charge in [0.15, 0.2) is 0 Å². The van der Waals surface area contributed by atoms with E-state index in [9.17, 15) is 0 Å². The van der Waals surface area contributed by atoms with Gasteiger partial charge in [-0.1, -0.05) is 12.1 Å². The van der Waals surface area contributed by atoms with Crippen LogP contribution in [0.2, 0.25) is 0 Å². The third-order valence-corrected chi connectivity index (χ3v) is 5.82. The molecule has 3 heterocycles. The number of fused-ring (bicyclic) bond motifs is 1. The Bertz CT molecular complexity index is 662. The van der Waals surface area contributed by atoms with E-state index in [1.807, 2.05) is 11.3 Å². The van der Waals surface area contributed by atoms with Gasteiger partial charge in [-0.2, -0.15) is 0 Å². The highest BCUT2D eigenvalue weighted by atomic mass is 32.1. The Morgan fingerprint density at radius 3 is 2.78 bits per heavy atom.